The molecule has 1 rings (SSSR count). The molecular weight excluding hydrogens is 194 g/mol. The van der Waals surface area contributed by atoms with Gasteiger partial charge in [-0.3, -0.25) is 5.32 Å². The fraction of sp³-hybridized carbons (Fsp3) is 0.600. The summed E-state index contributed by atoms with van der Waals surface area (Å²) >= 11 is 1.63. The third-order valence-electron chi connectivity index (χ3n) is 1.86. The quantitative estimate of drug-likeness (QED) is 0.831. The van der Waals surface area contributed by atoms with Crippen LogP contribution < -0.4 is 5.32 Å². The zero-order valence-corrected chi connectivity index (χ0v) is 9.77. The van der Waals surface area contributed by atoms with Crippen molar-refractivity contribution in [1.82, 2.24) is 10.3 Å². The first kappa shape index (κ1) is 11.2. The lowest BCUT2D eigenvalue weighted by atomic mass is 10.1. The number of nitrogens with zero attached hydrogens (tertiary/aromatic N) is 2. The van der Waals surface area contributed by atoms with E-state index in [0.29, 0.717) is 0 Å². The van der Waals surface area contributed by atoms with Gasteiger partial charge < -0.3 is 0 Å². The molecule has 1 heterocycles. The molecule has 0 fully saturated rings. The van der Waals surface area contributed by atoms with E-state index in [1.165, 1.54) is 0 Å². The molecule has 0 amide bonds. The van der Waals surface area contributed by atoms with Gasteiger partial charge in [-0.1, -0.05) is 0 Å². The lowest BCUT2D eigenvalue weighted by Gasteiger charge is -2.21. The number of nitriles is 1. The molecule has 4 heteroatoms. The molecule has 0 aromatic carbocycles. The number of aromatic nitrogens is 1. The van der Waals surface area contributed by atoms with Crippen molar-refractivity contribution < 1.29 is 0 Å². The van der Waals surface area contributed by atoms with Gasteiger partial charge in [-0.15, -0.1) is 11.3 Å². The van der Waals surface area contributed by atoms with E-state index in [0.717, 1.165) is 10.7 Å². The SMILES string of the molecule is Cc1csc(C(C)NC(C)(C)C#N)n1. The van der Waals surface area contributed by atoms with Crippen molar-refractivity contribution in [2.45, 2.75) is 39.3 Å². The summed E-state index contributed by atoms with van der Waals surface area (Å²) in [5, 5.41) is 15.1. The first-order valence-electron chi connectivity index (χ1n) is 4.55. The summed E-state index contributed by atoms with van der Waals surface area (Å²) in [5.74, 6) is 0. The third-order valence-corrected chi connectivity index (χ3v) is 3.01. The van der Waals surface area contributed by atoms with Crippen LogP contribution in [0, 0.1) is 18.3 Å². The fourth-order valence-corrected chi connectivity index (χ4v) is 2.01. The maximum absolute atomic E-state index is 8.87. The van der Waals surface area contributed by atoms with Gasteiger partial charge in [0.1, 0.15) is 10.5 Å². The van der Waals surface area contributed by atoms with Crippen molar-refractivity contribution >= 4 is 11.3 Å². The van der Waals surface area contributed by atoms with Crippen LogP contribution in [0.1, 0.15) is 37.5 Å². The second-order valence-corrected chi connectivity index (χ2v) is 4.82. The van der Waals surface area contributed by atoms with Gasteiger partial charge in [0.15, 0.2) is 0 Å². The standard InChI is InChI=1S/C10H15N3S/c1-7-5-14-9(12-7)8(2)13-10(3,4)6-11/h5,8,13H,1-4H3. The number of nitrogens with one attached hydrogen (secondary N) is 1. The van der Waals surface area contributed by atoms with Gasteiger partial charge in [0.05, 0.1) is 12.1 Å². The molecule has 14 heavy (non-hydrogen) atoms. The fourth-order valence-electron chi connectivity index (χ4n) is 1.21. The highest BCUT2D eigenvalue weighted by Crippen LogP contribution is 2.19. The average Bonchev–Trinajstić information content (AvgIpc) is 2.51. The van der Waals surface area contributed by atoms with E-state index in [1.807, 2.05) is 33.1 Å². The predicted octanol–water partition coefficient (Wildman–Crippen LogP) is 2.40. The number of thiazole rings is 1. The molecule has 0 saturated heterocycles. The van der Waals surface area contributed by atoms with Crippen molar-refractivity contribution in [3.8, 4) is 6.07 Å². The average molecular weight is 209 g/mol. The lowest BCUT2D eigenvalue weighted by molar-refractivity contribution is 0.426. The van der Waals surface area contributed by atoms with Gasteiger partial charge in [-0.05, 0) is 27.7 Å². The Bertz CT molecular complexity index is 348. The Labute approximate surface area is 88.8 Å². The molecular formula is C10H15N3S. The zero-order chi connectivity index (χ0) is 10.8. The normalized spacial score (nSPS) is 13.6. The number of aryl methyl sites for hydroxylation is 1. The molecule has 0 aliphatic rings. The minimum absolute atomic E-state index is 0.128. The van der Waals surface area contributed by atoms with Gasteiger partial charge in [0.25, 0.3) is 0 Å². The number of rotatable bonds is 3. The van der Waals surface area contributed by atoms with Crippen LogP contribution in [0.5, 0.6) is 0 Å². The van der Waals surface area contributed by atoms with E-state index in [-0.39, 0.29) is 6.04 Å². The third kappa shape index (κ3) is 2.79. The Morgan fingerprint density at radius 1 is 1.64 bits per heavy atom. The van der Waals surface area contributed by atoms with Crippen molar-refractivity contribution in [1.29, 1.82) is 5.26 Å². The first-order valence-corrected chi connectivity index (χ1v) is 5.43. The maximum Gasteiger partial charge on any atom is 0.110 e. The van der Waals surface area contributed by atoms with E-state index in [2.05, 4.69) is 16.4 Å². The van der Waals surface area contributed by atoms with E-state index < -0.39 is 5.54 Å². The van der Waals surface area contributed by atoms with Crippen LogP contribution in [-0.4, -0.2) is 10.5 Å². The van der Waals surface area contributed by atoms with E-state index in [1.54, 1.807) is 11.3 Å². The summed E-state index contributed by atoms with van der Waals surface area (Å²) in [6.07, 6.45) is 0. The van der Waals surface area contributed by atoms with Gasteiger partial charge >= 0.3 is 0 Å². The summed E-state index contributed by atoms with van der Waals surface area (Å²) in [5.41, 5.74) is 0.535. The number of hydrogen-bond acceptors (Lipinski definition) is 4. The smallest absolute Gasteiger partial charge is 0.110 e. The zero-order valence-electron chi connectivity index (χ0n) is 8.96. The molecule has 0 saturated carbocycles. The second-order valence-electron chi connectivity index (χ2n) is 3.93. The molecule has 1 atom stereocenters. The molecule has 3 nitrogen and oxygen atoms in total. The van der Waals surface area contributed by atoms with Crippen LogP contribution in [0.4, 0.5) is 0 Å². The molecule has 1 N–H and O–H groups in total. The summed E-state index contributed by atoms with van der Waals surface area (Å²) < 4.78 is 0. The Hall–Kier alpha value is -0.920. The lowest BCUT2D eigenvalue weighted by Crippen LogP contribution is -2.39. The molecule has 0 bridgehead atoms. The van der Waals surface area contributed by atoms with Gasteiger partial charge in [0.2, 0.25) is 0 Å². The van der Waals surface area contributed by atoms with Crippen molar-refractivity contribution in [3.05, 3.63) is 16.1 Å². The summed E-state index contributed by atoms with van der Waals surface area (Å²) in [4.78, 5) is 4.38. The Kier molecular flexibility index (Phi) is 3.25. The van der Waals surface area contributed by atoms with Crippen LogP contribution in [0.25, 0.3) is 0 Å². The van der Waals surface area contributed by atoms with E-state index in [4.69, 9.17) is 5.26 Å². The summed E-state index contributed by atoms with van der Waals surface area (Å²) in [7, 11) is 0. The summed E-state index contributed by atoms with van der Waals surface area (Å²) in [6, 6.07) is 2.34. The Morgan fingerprint density at radius 3 is 2.71 bits per heavy atom. The molecule has 0 aliphatic heterocycles. The van der Waals surface area contributed by atoms with Gasteiger partial charge in [-0.25, -0.2) is 4.98 Å². The number of hydrogen-bond donors (Lipinski definition) is 1. The van der Waals surface area contributed by atoms with Crippen LogP contribution in [0.2, 0.25) is 0 Å². The first-order chi connectivity index (χ1) is 6.44. The van der Waals surface area contributed by atoms with Gasteiger partial charge in [0, 0.05) is 11.1 Å². The predicted molar refractivity (Wildman–Crippen MR) is 58.1 cm³/mol. The highest BCUT2D eigenvalue weighted by atomic mass is 32.1. The minimum Gasteiger partial charge on any atom is -0.291 e. The second kappa shape index (κ2) is 4.07. The van der Waals surface area contributed by atoms with E-state index in [9.17, 15) is 0 Å². The minimum atomic E-state index is -0.501. The molecule has 76 valence electrons. The van der Waals surface area contributed by atoms with Crippen molar-refractivity contribution in [2.24, 2.45) is 0 Å². The maximum atomic E-state index is 8.87. The molecule has 0 spiro atoms. The van der Waals surface area contributed by atoms with Crippen LogP contribution in [0.15, 0.2) is 5.38 Å². The highest BCUT2D eigenvalue weighted by Gasteiger charge is 2.21. The Morgan fingerprint density at radius 2 is 2.29 bits per heavy atom. The van der Waals surface area contributed by atoms with Crippen molar-refractivity contribution in [2.75, 3.05) is 0 Å². The van der Waals surface area contributed by atoms with Gasteiger partial charge in [-0.2, -0.15) is 5.26 Å². The largest absolute Gasteiger partial charge is 0.291 e. The monoisotopic (exact) mass is 209 g/mol. The highest BCUT2D eigenvalue weighted by molar-refractivity contribution is 7.09. The summed E-state index contributed by atoms with van der Waals surface area (Å²) in [6.45, 7) is 7.73. The van der Waals surface area contributed by atoms with E-state index >= 15 is 0 Å². The van der Waals surface area contributed by atoms with Crippen LogP contribution >= 0.6 is 11.3 Å². The topological polar surface area (TPSA) is 48.7 Å². The van der Waals surface area contributed by atoms with Crippen molar-refractivity contribution in [3.63, 3.8) is 0 Å². The molecule has 1 aromatic rings. The van der Waals surface area contributed by atoms with Crippen LogP contribution in [0.3, 0.4) is 0 Å². The molecule has 0 aliphatic carbocycles. The molecule has 1 unspecified atom stereocenters. The molecule has 0 radical (unpaired) electrons. The molecule has 1 aromatic heterocycles. The van der Waals surface area contributed by atoms with Crippen LogP contribution in [-0.2, 0) is 0 Å². The Balaban J connectivity index is 2.69.